The number of carbonyl (C=O) groups excluding carboxylic acids is 2. The number of amides is 2. The van der Waals surface area contributed by atoms with Gasteiger partial charge in [-0.2, -0.15) is 0 Å². The van der Waals surface area contributed by atoms with Crippen molar-refractivity contribution in [1.82, 2.24) is 10.3 Å². The SMILES string of the molecule is CCNc1ccc(Cl)c(C(=O)NC(C(N)=O)C(C)C)n1. The lowest BCUT2D eigenvalue weighted by molar-refractivity contribution is -0.120. The van der Waals surface area contributed by atoms with E-state index in [0.29, 0.717) is 12.4 Å². The zero-order chi connectivity index (χ0) is 15.3. The fourth-order valence-electron chi connectivity index (χ4n) is 1.66. The van der Waals surface area contributed by atoms with Gasteiger partial charge in [0.25, 0.3) is 5.91 Å². The van der Waals surface area contributed by atoms with Crippen molar-refractivity contribution < 1.29 is 9.59 Å². The first-order chi connectivity index (χ1) is 9.36. The number of carbonyl (C=O) groups is 2. The Morgan fingerprint density at radius 2 is 2.05 bits per heavy atom. The Hall–Kier alpha value is -1.82. The number of halogens is 1. The summed E-state index contributed by atoms with van der Waals surface area (Å²) < 4.78 is 0. The van der Waals surface area contributed by atoms with Gasteiger partial charge in [0.05, 0.1) is 5.02 Å². The molecule has 0 saturated heterocycles. The fraction of sp³-hybridized carbons (Fsp3) is 0.462. The summed E-state index contributed by atoms with van der Waals surface area (Å²) in [5, 5.41) is 5.76. The van der Waals surface area contributed by atoms with Gasteiger partial charge >= 0.3 is 0 Å². The maximum absolute atomic E-state index is 12.1. The minimum Gasteiger partial charge on any atom is -0.370 e. The molecule has 0 aliphatic rings. The van der Waals surface area contributed by atoms with E-state index >= 15 is 0 Å². The van der Waals surface area contributed by atoms with E-state index in [0.717, 1.165) is 0 Å². The smallest absolute Gasteiger partial charge is 0.272 e. The van der Waals surface area contributed by atoms with Crippen LogP contribution in [0.4, 0.5) is 5.82 Å². The first kappa shape index (κ1) is 16.2. The van der Waals surface area contributed by atoms with E-state index in [2.05, 4.69) is 15.6 Å². The molecule has 1 aromatic heterocycles. The van der Waals surface area contributed by atoms with E-state index < -0.39 is 17.9 Å². The molecule has 1 rings (SSSR count). The quantitative estimate of drug-likeness (QED) is 0.739. The van der Waals surface area contributed by atoms with Gasteiger partial charge in [0.2, 0.25) is 5.91 Å². The van der Waals surface area contributed by atoms with Crippen molar-refractivity contribution in [2.75, 3.05) is 11.9 Å². The van der Waals surface area contributed by atoms with Gasteiger partial charge in [0, 0.05) is 6.54 Å². The predicted octanol–water partition coefficient (Wildman–Crippen LogP) is 1.41. The van der Waals surface area contributed by atoms with Gasteiger partial charge in [0.1, 0.15) is 17.6 Å². The third kappa shape index (κ3) is 4.09. The number of anilines is 1. The second kappa shape index (κ2) is 7.09. The van der Waals surface area contributed by atoms with Crippen molar-refractivity contribution in [3.63, 3.8) is 0 Å². The third-order valence-corrected chi connectivity index (χ3v) is 2.98. The Morgan fingerprint density at radius 3 is 2.55 bits per heavy atom. The van der Waals surface area contributed by atoms with Crippen LogP contribution in [0, 0.1) is 5.92 Å². The van der Waals surface area contributed by atoms with E-state index in [1.54, 1.807) is 26.0 Å². The number of hydrogen-bond donors (Lipinski definition) is 3. The van der Waals surface area contributed by atoms with Crippen LogP contribution in [0.15, 0.2) is 12.1 Å². The summed E-state index contributed by atoms with van der Waals surface area (Å²) in [7, 11) is 0. The van der Waals surface area contributed by atoms with Crippen LogP contribution in [0.3, 0.4) is 0 Å². The van der Waals surface area contributed by atoms with E-state index in [4.69, 9.17) is 17.3 Å². The van der Waals surface area contributed by atoms with E-state index in [1.165, 1.54) is 0 Å². The molecule has 2 amide bonds. The molecule has 1 heterocycles. The number of rotatable bonds is 6. The third-order valence-electron chi connectivity index (χ3n) is 2.68. The highest BCUT2D eigenvalue weighted by molar-refractivity contribution is 6.33. The number of aromatic nitrogens is 1. The molecule has 0 bridgehead atoms. The maximum Gasteiger partial charge on any atom is 0.272 e. The zero-order valence-electron chi connectivity index (χ0n) is 11.7. The molecule has 4 N–H and O–H groups in total. The van der Waals surface area contributed by atoms with Gasteiger partial charge in [-0.25, -0.2) is 4.98 Å². The molecule has 6 nitrogen and oxygen atoms in total. The van der Waals surface area contributed by atoms with Gasteiger partial charge < -0.3 is 16.4 Å². The minimum absolute atomic E-state index is 0.0667. The van der Waals surface area contributed by atoms with Gasteiger partial charge in [-0.15, -0.1) is 0 Å². The van der Waals surface area contributed by atoms with Crippen LogP contribution in [-0.4, -0.2) is 29.4 Å². The summed E-state index contributed by atoms with van der Waals surface area (Å²) in [4.78, 5) is 27.6. The van der Waals surface area contributed by atoms with Gasteiger partial charge in [0.15, 0.2) is 0 Å². The Bertz CT molecular complexity index is 505. The highest BCUT2D eigenvalue weighted by Crippen LogP contribution is 2.17. The number of pyridine rings is 1. The molecule has 7 heteroatoms. The van der Waals surface area contributed by atoms with Crippen LogP contribution in [0.2, 0.25) is 5.02 Å². The number of nitrogens with two attached hydrogens (primary N) is 1. The Kier molecular flexibility index (Phi) is 5.76. The molecular weight excluding hydrogens is 280 g/mol. The lowest BCUT2D eigenvalue weighted by atomic mass is 10.0. The number of hydrogen-bond acceptors (Lipinski definition) is 4. The average Bonchev–Trinajstić information content (AvgIpc) is 2.37. The highest BCUT2D eigenvalue weighted by Gasteiger charge is 2.24. The maximum atomic E-state index is 12.1. The molecule has 0 spiro atoms. The lowest BCUT2D eigenvalue weighted by Crippen LogP contribution is -2.47. The second-order valence-corrected chi connectivity index (χ2v) is 5.06. The summed E-state index contributed by atoms with van der Waals surface area (Å²) in [5.41, 5.74) is 5.33. The van der Waals surface area contributed by atoms with Gasteiger partial charge in [-0.05, 0) is 25.0 Å². The molecule has 110 valence electrons. The van der Waals surface area contributed by atoms with Crippen LogP contribution in [0.25, 0.3) is 0 Å². The molecule has 0 fully saturated rings. The van der Waals surface area contributed by atoms with Crippen LogP contribution in [-0.2, 0) is 4.79 Å². The zero-order valence-corrected chi connectivity index (χ0v) is 12.5. The molecule has 0 aliphatic carbocycles. The standard InChI is InChI=1S/C13H19ClN4O2/c1-4-16-9-6-5-8(14)11(17-9)13(20)18-10(7(2)3)12(15)19/h5-7,10H,4H2,1-3H3,(H2,15,19)(H,16,17)(H,18,20). The molecule has 0 radical (unpaired) electrons. The second-order valence-electron chi connectivity index (χ2n) is 4.65. The van der Waals surface area contributed by atoms with Crippen molar-refractivity contribution in [3.05, 3.63) is 22.8 Å². The molecule has 1 atom stereocenters. The van der Waals surface area contributed by atoms with Crippen LogP contribution < -0.4 is 16.4 Å². The summed E-state index contributed by atoms with van der Waals surface area (Å²) in [5.74, 6) is -0.686. The first-order valence-corrected chi connectivity index (χ1v) is 6.75. The van der Waals surface area contributed by atoms with E-state index in [1.807, 2.05) is 6.92 Å². The fourth-order valence-corrected chi connectivity index (χ4v) is 1.85. The number of nitrogens with zero attached hydrogens (tertiary/aromatic N) is 1. The van der Waals surface area contributed by atoms with Crippen molar-refractivity contribution in [1.29, 1.82) is 0 Å². The molecule has 0 aromatic carbocycles. The van der Waals surface area contributed by atoms with Crippen LogP contribution >= 0.6 is 11.6 Å². The van der Waals surface area contributed by atoms with Crippen molar-refractivity contribution in [2.24, 2.45) is 11.7 Å². The predicted molar refractivity (Wildman–Crippen MR) is 78.7 cm³/mol. The highest BCUT2D eigenvalue weighted by atomic mass is 35.5. The Morgan fingerprint density at radius 1 is 1.40 bits per heavy atom. The lowest BCUT2D eigenvalue weighted by Gasteiger charge is -2.19. The summed E-state index contributed by atoms with van der Waals surface area (Å²) in [6.07, 6.45) is 0. The van der Waals surface area contributed by atoms with Crippen molar-refractivity contribution in [3.8, 4) is 0 Å². The van der Waals surface area contributed by atoms with E-state index in [-0.39, 0.29) is 16.6 Å². The topological polar surface area (TPSA) is 97.1 Å². The van der Waals surface area contributed by atoms with Crippen LogP contribution in [0.5, 0.6) is 0 Å². The number of primary amides is 1. The molecule has 0 aliphatic heterocycles. The molecule has 0 saturated carbocycles. The first-order valence-electron chi connectivity index (χ1n) is 6.37. The van der Waals surface area contributed by atoms with Gasteiger partial charge in [-0.3, -0.25) is 9.59 Å². The average molecular weight is 299 g/mol. The van der Waals surface area contributed by atoms with Gasteiger partial charge in [-0.1, -0.05) is 25.4 Å². The Labute approximate surface area is 123 Å². The summed E-state index contributed by atoms with van der Waals surface area (Å²) in [6, 6.07) is 2.50. The molecule has 1 aromatic rings. The number of nitrogens with one attached hydrogen (secondary N) is 2. The van der Waals surface area contributed by atoms with Crippen molar-refractivity contribution >= 4 is 29.2 Å². The summed E-state index contributed by atoms with van der Waals surface area (Å²) in [6.45, 7) is 6.17. The van der Waals surface area contributed by atoms with E-state index in [9.17, 15) is 9.59 Å². The minimum atomic E-state index is -0.761. The molecular formula is C13H19ClN4O2. The monoisotopic (exact) mass is 298 g/mol. The summed E-state index contributed by atoms with van der Waals surface area (Å²) >= 11 is 5.97. The van der Waals surface area contributed by atoms with Crippen molar-refractivity contribution in [2.45, 2.75) is 26.8 Å². The molecule has 20 heavy (non-hydrogen) atoms. The molecule has 1 unspecified atom stereocenters. The Balaban J connectivity index is 2.96. The van der Waals surface area contributed by atoms with Crippen LogP contribution in [0.1, 0.15) is 31.3 Å². The largest absolute Gasteiger partial charge is 0.370 e. The normalized spacial score (nSPS) is 12.1.